The van der Waals surface area contributed by atoms with Crippen LogP contribution in [0.3, 0.4) is 0 Å². The van der Waals surface area contributed by atoms with E-state index < -0.39 is 0 Å². The zero-order valence-electron chi connectivity index (χ0n) is 4.85. The van der Waals surface area contributed by atoms with E-state index in [0.717, 1.165) is 11.8 Å². The van der Waals surface area contributed by atoms with Gasteiger partial charge in [-0.3, -0.25) is 4.99 Å². The third-order valence-corrected chi connectivity index (χ3v) is 2.15. The molecular weight excluding hydrogens is 201 g/mol. The first-order valence-electron chi connectivity index (χ1n) is 2.74. The second-order valence-electron chi connectivity index (χ2n) is 1.90. The molecule has 0 amide bonds. The molecule has 1 nitrogen and oxygen atoms in total. The van der Waals surface area contributed by atoms with Gasteiger partial charge in [-0.2, -0.15) is 0 Å². The predicted molar refractivity (Wildman–Crippen MR) is 44.6 cm³/mol. The Balaban J connectivity index is 2.55. The lowest BCUT2D eigenvalue weighted by molar-refractivity contribution is 0.875. The van der Waals surface area contributed by atoms with E-state index in [1.165, 1.54) is 5.57 Å². The van der Waals surface area contributed by atoms with Crippen molar-refractivity contribution in [1.82, 2.24) is 0 Å². The van der Waals surface area contributed by atoms with Crippen molar-refractivity contribution in [2.24, 2.45) is 4.99 Å². The fourth-order valence-corrected chi connectivity index (χ4v) is 1.36. The summed E-state index contributed by atoms with van der Waals surface area (Å²) in [6.07, 6.45) is 4.63. The highest BCUT2D eigenvalue weighted by Gasteiger charge is 2.06. The van der Waals surface area contributed by atoms with Crippen LogP contribution in [0.1, 0.15) is 6.42 Å². The van der Waals surface area contributed by atoms with Crippen molar-refractivity contribution < 1.29 is 0 Å². The topological polar surface area (TPSA) is 12.4 Å². The van der Waals surface area contributed by atoms with Crippen molar-refractivity contribution in [3.05, 3.63) is 11.6 Å². The predicted octanol–water partition coefficient (Wildman–Crippen LogP) is 2.35. The van der Waals surface area contributed by atoms with Crippen LogP contribution in [-0.4, -0.2) is 17.0 Å². The lowest BCUT2D eigenvalue weighted by Gasteiger charge is -2.08. The number of aliphatic imine (C=N–C) groups is 1. The maximum Gasteiger partial charge on any atom is 0.127 e. The van der Waals surface area contributed by atoms with Crippen molar-refractivity contribution in [3.8, 4) is 0 Å². The number of rotatable bonds is 1. The molecule has 0 aliphatic carbocycles. The second-order valence-corrected chi connectivity index (χ2v) is 2.96. The quantitative estimate of drug-likeness (QED) is 0.463. The van der Waals surface area contributed by atoms with Crippen molar-refractivity contribution in [2.75, 3.05) is 5.33 Å². The minimum Gasteiger partial charge on any atom is -0.273 e. The summed E-state index contributed by atoms with van der Waals surface area (Å²) in [6, 6.07) is 0. The monoisotopic (exact) mass is 207 g/mol. The van der Waals surface area contributed by atoms with Gasteiger partial charge in [0.05, 0.1) is 0 Å². The molecule has 0 bridgehead atoms. The van der Waals surface area contributed by atoms with Crippen LogP contribution in [0, 0.1) is 0 Å². The molecule has 0 N–H and O–H groups in total. The van der Waals surface area contributed by atoms with Gasteiger partial charge in [0.1, 0.15) is 5.50 Å². The number of alkyl halides is 2. The largest absolute Gasteiger partial charge is 0.273 e. The summed E-state index contributed by atoms with van der Waals surface area (Å²) in [5.41, 5.74) is 1.27. The van der Waals surface area contributed by atoms with Gasteiger partial charge in [-0.15, -0.1) is 0 Å². The summed E-state index contributed by atoms with van der Waals surface area (Å²) in [7, 11) is 0. The Morgan fingerprint density at radius 2 is 2.67 bits per heavy atom. The van der Waals surface area contributed by atoms with Crippen LogP contribution in [0.2, 0.25) is 0 Å². The Kier molecular flexibility index (Phi) is 2.73. The summed E-state index contributed by atoms with van der Waals surface area (Å²) < 4.78 is 0. The Hall–Kier alpha value is 0.180. The van der Waals surface area contributed by atoms with E-state index in [1.807, 2.05) is 6.08 Å². The minimum absolute atomic E-state index is 0.0393. The van der Waals surface area contributed by atoms with E-state index in [2.05, 4.69) is 20.9 Å². The Labute approximate surface area is 67.9 Å². The van der Waals surface area contributed by atoms with E-state index >= 15 is 0 Å². The smallest absolute Gasteiger partial charge is 0.127 e. The molecule has 1 heterocycles. The van der Waals surface area contributed by atoms with Crippen LogP contribution in [0.5, 0.6) is 0 Å². The summed E-state index contributed by atoms with van der Waals surface area (Å²) >= 11 is 9.08. The maximum absolute atomic E-state index is 5.73. The van der Waals surface area contributed by atoms with Crippen LogP contribution in [0.15, 0.2) is 16.6 Å². The highest BCUT2D eigenvalue weighted by atomic mass is 79.9. The molecule has 0 spiro atoms. The van der Waals surface area contributed by atoms with Gasteiger partial charge in [0.15, 0.2) is 0 Å². The van der Waals surface area contributed by atoms with E-state index in [0.29, 0.717) is 0 Å². The van der Waals surface area contributed by atoms with E-state index in [4.69, 9.17) is 11.6 Å². The van der Waals surface area contributed by atoms with Crippen molar-refractivity contribution >= 4 is 33.7 Å². The molecule has 0 saturated carbocycles. The van der Waals surface area contributed by atoms with Crippen molar-refractivity contribution in [3.63, 3.8) is 0 Å². The van der Waals surface area contributed by atoms with Crippen LogP contribution in [0.25, 0.3) is 0 Å². The normalized spacial score (nSPS) is 26.0. The lowest BCUT2D eigenvalue weighted by Crippen LogP contribution is -2.02. The first kappa shape index (κ1) is 7.29. The highest BCUT2D eigenvalue weighted by molar-refractivity contribution is 9.09. The molecule has 0 fully saturated rings. The van der Waals surface area contributed by atoms with Gasteiger partial charge < -0.3 is 0 Å². The molecule has 1 aliphatic heterocycles. The van der Waals surface area contributed by atoms with Crippen LogP contribution < -0.4 is 0 Å². The Morgan fingerprint density at radius 1 is 1.89 bits per heavy atom. The molecule has 0 aromatic rings. The number of allylic oxidation sites excluding steroid dienone is 1. The van der Waals surface area contributed by atoms with Gasteiger partial charge in [-0.25, -0.2) is 0 Å². The Morgan fingerprint density at radius 3 is 3.11 bits per heavy atom. The molecule has 1 unspecified atom stereocenters. The molecule has 0 saturated heterocycles. The van der Waals surface area contributed by atoms with Crippen molar-refractivity contribution in [2.45, 2.75) is 11.9 Å². The maximum atomic E-state index is 5.73. The summed E-state index contributed by atoms with van der Waals surface area (Å²) in [6.45, 7) is 0. The van der Waals surface area contributed by atoms with Gasteiger partial charge in [0, 0.05) is 18.0 Å². The van der Waals surface area contributed by atoms with Gasteiger partial charge in [-0.1, -0.05) is 33.1 Å². The van der Waals surface area contributed by atoms with Gasteiger partial charge in [0.25, 0.3) is 0 Å². The third kappa shape index (κ3) is 2.11. The standard InChI is InChI=1S/C6H7BrClN/c7-4-5-1-2-9-6(8)3-5/h1-2,6H,3-4H2. The fraction of sp³-hybridized carbons (Fsp3) is 0.500. The van der Waals surface area contributed by atoms with E-state index in [-0.39, 0.29) is 5.50 Å². The number of nitrogens with zero attached hydrogens (tertiary/aromatic N) is 1. The van der Waals surface area contributed by atoms with E-state index in [9.17, 15) is 0 Å². The fourth-order valence-electron chi connectivity index (χ4n) is 0.678. The number of dihydropyridines is 1. The molecule has 3 heteroatoms. The molecule has 50 valence electrons. The summed E-state index contributed by atoms with van der Waals surface area (Å²) in [4.78, 5) is 3.97. The summed E-state index contributed by atoms with van der Waals surface area (Å²) in [5.74, 6) is 0. The van der Waals surface area contributed by atoms with Crippen molar-refractivity contribution in [1.29, 1.82) is 0 Å². The van der Waals surface area contributed by atoms with Crippen LogP contribution >= 0.6 is 27.5 Å². The second kappa shape index (κ2) is 3.37. The minimum atomic E-state index is -0.0393. The third-order valence-electron chi connectivity index (χ3n) is 1.16. The Bertz CT molecular complexity index is 153. The molecule has 1 aliphatic rings. The van der Waals surface area contributed by atoms with Gasteiger partial charge in [-0.05, 0) is 6.08 Å². The average molecular weight is 208 g/mol. The first-order valence-corrected chi connectivity index (χ1v) is 4.30. The molecule has 1 rings (SSSR count). The average Bonchev–Trinajstić information content (AvgIpc) is 1.88. The molecule has 1 atom stereocenters. The molecular formula is C6H7BrClN. The lowest BCUT2D eigenvalue weighted by atomic mass is 10.2. The van der Waals surface area contributed by atoms with Crippen LogP contribution in [-0.2, 0) is 0 Å². The van der Waals surface area contributed by atoms with Gasteiger partial charge in [0.2, 0.25) is 0 Å². The van der Waals surface area contributed by atoms with Gasteiger partial charge >= 0.3 is 0 Å². The first-order chi connectivity index (χ1) is 4.33. The SMILES string of the molecule is ClC1CC(CBr)=CC=N1. The molecule has 0 aromatic carbocycles. The van der Waals surface area contributed by atoms with E-state index in [1.54, 1.807) is 6.21 Å². The number of hydrogen-bond donors (Lipinski definition) is 0. The zero-order valence-corrected chi connectivity index (χ0v) is 7.19. The molecule has 9 heavy (non-hydrogen) atoms. The zero-order chi connectivity index (χ0) is 6.69. The number of halogens is 2. The number of hydrogen-bond acceptors (Lipinski definition) is 1. The molecule has 0 aromatic heterocycles. The molecule has 0 radical (unpaired) electrons. The van der Waals surface area contributed by atoms with Crippen LogP contribution in [0.4, 0.5) is 0 Å². The highest BCUT2D eigenvalue weighted by Crippen LogP contribution is 2.16. The summed E-state index contributed by atoms with van der Waals surface area (Å²) in [5, 5.41) is 0.905.